The smallest absolute Gasteiger partial charge is 0.0175 e. The van der Waals surface area contributed by atoms with E-state index < -0.39 is 0 Å². The van der Waals surface area contributed by atoms with E-state index in [4.69, 9.17) is 0 Å². The number of hydrogen-bond acceptors (Lipinski definition) is 1. The van der Waals surface area contributed by atoms with Gasteiger partial charge in [-0.2, -0.15) is 0 Å². The fraction of sp³-hybridized carbons (Fsp3) is 0.385. The van der Waals surface area contributed by atoms with Crippen molar-refractivity contribution in [2.24, 2.45) is 0 Å². The lowest BCUT2D eigenvalue weighted by Crippen LogP contribution is -2.16. The molecule has 0 aromatic heterocycles. The number of allylic oxidation sites excluding steroid dienone is 1. The van der Waals surface area contributed by atoms with Crippen LogP contribution in [-0.4, -0.2) is 18.0 Å². The Hall–Kier alpha value is -1.24. The monoisotopic (exact) mass is 187 g/mol. The molecule has 0 aliphatic carbocycles. The van der Waals surface area contributed by atoms with Gasteiger partial charge >= 0.3 is 0 Å². The molecule has 1 nitrogen and oxygen atoms in total. The maximum absolute atomic E-state index is 2.47. The van der Waals surface area contributed by atoms with Gasteiger partial charge in [0.2, 0.25) is 0 Å². The summed E-state index contributed by atoms with van der Waals surface area (Å²) >= 11 is 0. The molecule has 1 aromatic carbocycles. The van der Waals surface area contributed by atoms with E-state index >= 15 is 0 Å². The molecule has 0 saturated carbocycles. The predicted octanol–water partition coefficient (Wildman–Crippen LogP) is 3.14. The lowest BCUT2D eigenvalue weighted by atomic mass is 10.2. The number of likely N-dealkylation sites (tertiary alicyclic amines) is 1. The van der Waals surface area contributed by atoms with Gasteiger partial charge in [0.1, 0.15) is 0 Å². The minimum Gasteiger partial charge on any atom is -0.375 e. The molecule has 2 rings (SSSR count). The summed E-state index contributed by atoms with van der Waals surface area (Å²) in [7, 11) is 0. The molecule has 0 unspecified atom stereocenters. The molecule has 0 radical (unpaired) electrons. The third kappa shape index (κ3) is 2.16. The first kappa shape index (κ1) is 9.32. The van der Waals surface area contributed by atoms with E-state index in [9.17, 15) is 0 Å². The highest BCUT2D eigenvalue weighted by Gasteiger charge is 2.10. The standard InChI is InChI=1S/C13H17N/c1-12(14-9-5-6-10-14)11-13-7-3-2-4-8-13/h2-4,7-8,11H,5-6,9-10H2,1H3. The normalized spacial score (nSPS) is 17.5. The molecule has 0 N–H and O–H groups in total. The predicted molar refractivity (Wildman–Crippen MR) is 60.9 cm³/mol. The van der Waals surface area contributed by atoms with Crippen molar-refractivity contribution >= 4 is 6.08 Å². The van der Waals surface area contributed by atoms with Crippen LogP contribution in [-0.2, 0) is 0 Å². The van der Waals surface area contributed by atoms with Crippen LogP contribution >= 0.6 is 0 Å². The molecule has 0 spiro atoms. The number of nitrogens with zero attached hydrogens (tertiary/aromatic N) is 1. The van der Waals surface area contributed by atoms with Gasteiger partial charge in [0.15, 0.2) is 0 Å². The van der Waals surface area contributed by atoms with Gasteiger partial charge in [0.25, 0.3) is 0 Å². The third-order valence-electron chi connectivity index (χ3n) is 2.78. The molecule has 0 amide bonds. The fourth-order valence-electron chi connectivity index (χ4n) is 1.95. The summed E-state index contributed by atoms with van der Waals surface area (Å²) in [5.41, 5.74) is 2.70. The minimum atomic E-state index is 1.23. The largest absolute Gasteiger partial charge is 0.375 e. The van der Waals surface area contributed by atoms with Crippen LogP contribution in [0.3, 0.4) is 0 Å². The van der Waals surface area contributed by atoms with Crippen LogP contribution in [0.2, 0.25) is 0 Å². The van der Waals surface area contributed by atoms with E-state index in [1.807, 2.05) is 0 Å². The van der Waals surface area contributed by atoms with Crippen molar-refractivity contribution in [3.05, 3.63) is 41.6 Å². The first-order valence-electron chi connectivity index (χ1n) is 5.34. The van der Waals surface area contributed by atoms with Gasteiger partial charge in [0, 0.05) is 18.8 Å². The van der Waals surface area contributed by atoms with Crippen LogP contribution < -0.4 is 0 Å². The summed E-state index contributed by atoms with van der Waals surface area (Å²) in [6, 6.07) is 10.5. The maximum atomic E-state index is 2.47. The van der Waals surface area contributed by atoms with E-state index in [2.05, 4.69) is 48.2 Å². The molecule has 74 valence electrons. The summed E-state index contributed by atoms with van der Waals surface area (Å²) in [5, 5.41) is 0. The molecule has 1 aliphatic rings. The Balaban J connectivity index is 2.10. The average Bonchev–Trinajstić information content (AvgIpc) is 2.72. The Kier molecular flexibility index (Phi) is 2.87. The minimum absolute atomic E-state index is 1.23. The third-order valence-corrected chi connectivity index (χ3v) is 2.78. The Labute approximate surface area is 86.1 Å². The highest BCUT2D eigenvalue weighted by molar-refractivity contribution is 5.51. The molecular formula is C13H17N. The molecule has 0 bridgehead atoms. The van der Waals surface area contributed by atoms with Crippen LogP contribution in [0.4, 0.5) is 0 Å². The molecular weight excluding hydrogens is 170 g/mol. The summed E-state index contributed by atoms with van der Waals surface area (Å²) in [4.78, 5) is 2.47. The van der Waals surface area contributed by atoms with Crippen LogP contribution in [0, 0.1) is 0 Å². The van der Waals surface area contributed by atoms with Gasteiger partial charge in [-0.05, 0) is 31.4 Å². The zero-order valence-electron chi connectivity index (χ0n) is 8.74. The van der Waals surface area contributed by atoms with Crippen molar-refractivity contribution in [3.8, 4) is 0 Å². The second kappa shape index (κ2) is 4.32. The first-order chi connectivity index (χ1) is 6.86. The molecule has 1 aliphatic heterocycles. The van der Waals surface area contributed by atoms with Crippen molar-refractivity contribution in [2.75, 3.05) is 13.1 Å². The van der Waals surface area contributed by atoms with Gasteiger partial charge in [-0.15, -0.1) is 0 Å². The number of hydrogen-bond donors (Lipinski definition) is 0. The van der Waals surface area contributed by atoms with E-state index in [1.165, 1.54) is 37.2 Å². The SMILES string of the molecule is CC(=Cc1ccccc1)N1CCCC1. The average molecular weight is 187 g/mol. The quantitative estimate of drug-likeness (QED) is 0.687. The van der Waals surface area contributed by atoms with Crippen molar-refractivity contribution in [1.29, 1.82) is 0 Å². The van der Waals surface area contributed by atoms with E-state index in [1.54, 1.807) is 0 Å². The lowest BCUT2D eigenvalue weighted by molar-refractivity contribution is 0.431. The van der Waals surface area contributed by atoms with Gasteiger partial charge < -0.3 is 4.90 Å². The summed E-state index contributed by atoms with van der Waals surface area (Å²) < 4.78 is 0. The van der Waals surface area contributed by atoms with Gasteiger partial charge in [0.05, 0.1) is 0 Å². The van der Waals surface area contributed by atoms with Gasteiger partial charge in [-0.3, -0.25) is 0 Å². The van der Waals surface area contributed by atoms with Gasteiger partial charge in [-0.25, -0.2) is 0 Å². The summed E-state index contributed by atoms with van der Waals surface area (Å²) in [5.74, 6) is 0. The van der Waals surface area contributed by atoms with E-state index in [0.717, 1.165) is 0 Å². The molecule has 1 heteroatoms. The van der Waals surface area contributed by atoms with Crippen molar-refractivity contribution in [1.82, 2.24) is 4.90 Å². The highest BCUT2D eigenvalue weighted by atomic mass is 15.1. The maximum Gasteiger partial charge on any atom is 0.0175 e. The van der Waals surface area contributed by atoms with Crippen molar-refractivity contribution in [3.63, 3.8) is 0 Å². The zero-order valence-corrected chi connectivity index (χ0v) is 8.74. The molecule has 1 fully saturated rings. The topological polar surface area (TPSA) is 3.24 Å². The molecule has 1 saturated heterocycles. The highest BCUT2D eigenvalue weighted by Crippen LogP contribution is 2.16. The second-order valence-corrected chi connectivity index (χ2v) is 3.89. The van der Waals surface area contributed by atoms with E-state index in [-0.39, 0.29) is 0 Å². The lowest BCUT2D eigenvalue weighted by Gasteiger charge is -2.17. The Morgan fingerprint density at radius 3 is 2.43 bits per heavy atom. The number of benzene rings is 1. The zero-order chi connectivity index (χ0) is 9.80. The summed E-state index contributed by atoms with van der Waals surface area (Å²) in [6.07, 6.45) is 4.96. The van der Waals surface area contributed by atoms with Crippen LogP contribution in [0.1, 0.15) is 25.3 Å². The number of rotatable bonds is 2. The Morgan fingerprint density at radius 1 is 1.14 bits per heavy atom. The summed E-state index contributed by atoms with van der Waals surface area (Å²) in [6.45, 7) is 4.67. The van der Waals surface area contributed by atoms with Crippen molar-refractivity contribution < 1.29 is 0 Å². The molecule has 0 atom stereocenters. The van der Waals surface area contributed by atoms with Crippen molar-refractivity contribution in [2.45, 2.75) is 19.8 Å². The van der Waals surface area contributed by atoms with Crippen LogP contribution in [0.15, 0.2) is 36.0 Å². The second-order valence-electron chi connectivity index (χ2n) is 3.89. The Morgan fingerprint density at radius 2 is 1.79 bits per heavy atom. The van der Waals surface area contributed by atoms with Gasteiger partial charge in [-0.1, -0.05) is 30.3 Å². The molecule has 14 heavy (non-hydrogen) atoms. The first-order valence-corrected chi connectivity index (χ1v) is 5.34. The van der Waals surface area contributed by atoms with Crippen LogP contribution in [0.25, 0.3) is 6.08 Å². The molecule has 1 aromatic rings. The van der Waals surface area contributed by atoms with E-state index in [0.29, 0.717) is 0 Å². The fourth-order valence-corrected chi connectivity index (χ4v) is 1.95. The Bertz CT molecular complexity index is 307. The molecule has 1 heterocycles. The van der Waals surface area contributed by atoms with Crippen LogP contribution in [0.5, 0.6) is 0 Å².